The van der Waals surface area contributed by atoms with Crippen LogP contribution >= 0.6 is 11.3 Å². The van der Waals surface area contributed by atoms with Gasteiger partial charge in [-0.05, 0) is 47.5 Å². The molecular weight excluding hydrogens is 399 g/mol. The van der Waals surface area contributed by atoms with Gasteiger partial charge in [-0.25, -0.2) is 9.37 Å². The zero-order valence-electron chi connectivity index (χ0n) is 16.0. The SMILES string of the molecule is O=C(/C=C/c1csc(-c2ccc(F)cc2)n1)NCc1ccccc1Cn1cccn1. The van der Waals surface area contributed by atoms with Crippen molar-refractivity contribution in [2.75, 3.05) is 0 Å². The van der Waals surface area contributed by atoms with E-state index in [4.69, 9.17) is 0 Å². The van der Waals surface area contributed by atoms with Crippen LogP contribution in [0.3, 0.4) is 0 Å². The molecule has 2 aromatic carbocycles. The van der Waals surface area contributed by atoms with Gasteiger partial charge in [-0.2, -0.15) is 5.10 Å². The van der Waals surface area contributed by atoms with Gasteiger partial charge in [0.05, 0.1) is 12.2 Å². The number of nitrogens with zero attached hydrogens (tertiary/aromatic N) is 3. The van der Waals surface area contributed by atoms with E-state index in [1.807, 2.05) is 46.6 Å². The Morgan fingerprint density at radius 1 is 1.10 bits per heavy atom. The molecule has 4 rings (SSSR count). The number of carbonyl (C=O) groups excluding carboxylic acids is 1. The molecule has 2 heterocycles. The summed E-state index contributed by atoms with van der Waals surface area (Å²) in [6.07, 6.45) is 6.80. The topological polar surface area (TPSA) is 59.8 Å². The molecule has 0 saturated carbocycles. The van der Waals surface area contributed by atoms with Crippen molar-refractivity contribution in [1.82, 2.24) is 20.1 Å². The summed E-state index contributed by atoms with van der Waals surface area (Å²) < 4.78 is 14.9. The van der Waals surface area contributed by atoms with Gasteiger partial charge in [-0.15, -0.1) is 11.3 Å². The van der Waals surface area contributed by atoms with E-state index in [1.54, 1.807) is 24.4 Å². The van der Waals surface area contributed by atoms with E-state index < -0.39 is 0 Å². The summed E-state index contributed by atoms with van der Waals surface area (Å²) in [6.45, 7) is 1.08. The second-order valence-corrected chi connectivity index (χ2v) is 7.47. The minimum Gasteiger partial charge on any atom is -0.348 e. The van der Waals surface area contributed by atoms with Crippen LogP contribution in [0, 0.1) is 5.82 Å². The quantitative estimate of drug-likeness (QED) is 0.449. The lowest BCUT2D eigenvalue weighted by atomic mass is 10.1. The highest BCUT2D eigenvalue weighted by molar-refractivity contribution is 7.13. The maximum Gasteiger partial charge on any atom is 0.244 e. The van der Waals surface area contributed by atoms with Crippen molar-refractivity contribution in [3.8, 4) is 10.6 Å². The van der Waals surface area contributed by atoms with Gasteiger partial charge in [0, 0.05) is 36.0 Å². The second-order valence-electron chi connectivity index (χ2n) is 6.61. The van der Waals surface area contributed by atoms with Gasteiger partial charge in [0.25, 0.3) is 0 Å². The molecule has 0 atom stereocenters. The summed E-state index contributed by atoms with van der Waals surface area (Å²) >= 11 is 1.45. The highest BCUT2D eigenvalue weighted by Gasteiger charge is 2.06. The average Bonchev–Trinajstić information content (AvgIpc) is 3.44. The molecule has 1 amide bonds. The van der Waals surface area contributed by atoms with Crippen molar-refractivity contribution in [3.05, 3.63) is 101 Å². The van der Waals surface area contributed by atoms with E-state index >= 15 is 0 Å². The lowest BCUT2D eigenvalue weighted by Crippen LogP contribution is -2.21. The molecular formula is C23H19FN4OS. The van der Waals surface area contributed by atoms with Gasteiger partial charge in [-0.3, -0.25) is 9.48 Å². The third-order valence-corrected chi connectivity index (χ3v) is 5.39. The van der Waals surface area contributed by atoms with E-state index in [1.165, 1.54) is 29.5 Å². The number of amides is 1. The van der Waals surface area contributed by atoms with Crippen LogP contribution in [0.1, 0.15) is 16.8 Å². The van der Waals surface area contributed by atoms with E-state index in [0.29, 0.717) is 18.8 Å². The van der Waals surface area contributed by atoms with E-state index in [-0.39, 0.29) is 11.7 Å². The van der Waals surface area contributed by atoms with E-state index in [2.05, 4.69) is 15.4 Å². The number of benzene rings is 2. The highest BCUT2D eigenvalue weighted by atomic mass is 32.1. The molecule has 7 heteroatoms. The van der Waals surface area contributed by atoms with Crippen LogP contribution in [-0.4, -0.2) is 20.7 Å². The summed E-state index contributed by atoms with van der Waals surface area (Å²) in [5.41, 5.74) is 3.68. The van der Waals surface area contributed by atoms with Gasteiger partial charge in [-0.1, -0.05) is 24.3 Å². The number of nitrogens with one attached hydrogen (secondary N) is 1. The van der Waals surface area contributed by atoms with Crippen molar-refractivity contribution >= 4 is 23.3 Å². The number of thiazole rings is 1. The first-order valence-corrected chi connectivity index (χ1v) is 10.3. The van der Waals surface area contributed by atoms with Gasteiger partial charge in [0.2, 0.25) is 5.91 Å². The first kappa shape index (κ1) is 19.7. The smallest absolute Gasteiger partial charge is 0.244 e. The predicted molar refractivity (Wildman–Crippen MR) is 116 cm³/mol. The third-order valence-electron chi connectivity index (χ3n) is 4.48. The Labute approximate surface area is 177 Å². The molecule has 0 radical (unpaired) electrons. The minimum absolute atomic E-state index is 0.194. The van der Waals surface area contributed by atoms with Crippen LogP contribution < -0.4 is 5.32 Å². The molecule has 0 spiro atoms. The fourth-order valence-electron chi connectivity index (χ4n) is 2.94. The molecule has 0 aliphatic rings. The molecule has 0 aliphatic carbocycles. The molecule has 0 unspecified atom stereocenters. The van der Waals surface area contributed by atoms with Crippen molar-refractivity contribution in [2.45, 2.75) is 13.1 Å². The second kappa shape index (κ2) is 9.28. The molecule has 30 heavy (non-hydrogen) atoms. The minimum atomic E-state index is -0.279. The summed E-state index contributed by atoms with van der Waals surface area (Å²) in [4.78, 5) is 16.7. The lowest BCUT2D eigenvalue weighted by Gasteiger charge is -2.10. The Bertz CT molecular complexity index is 1150. The summed E-state index contributed by atoms with van der Waals surface area (Å²) in [7, 11) is 0. The molecule has 0 saturated heterocycles. The number of hydrogen-bond acceptors (Lipinski definition) is 4. The number of aromatic nitrogens is 3. The van der Waals surface area contributed by atoms with Crippen molar-refractivity contribution < 1.29 is 9.18 Å². The van der Waals surface area contributed by atoms with Crippen LogP contribution in [0.25, 0.3) is 16.6 Å². The first-order valence-electron chi connectivity index (χ1n) is 9.39. The van der Waals surface area contributed by atoms with Crippen LogP contribution in [-0.2, 0) is 17.9 Å². The predicted octanol–water partition coefficient (Wildman–Crippen LogP) is 4.52. The van der Waals surface area contributed by atoms with E-state index in [9.17, 15) is 9.18 Å². The number of carbonyl (C=O) groups is 1. The van der Waals surface area contributed by atoms with Crippen LogP contribution in [0.5, 0.6) is 0 Å². The Hall–Kier alpha value is -3.58. The molecule has 4 aromatic rings. The number of halogens is 1. The monoisotopic (exact) mass is 418 g/mol. The Kier molecular flexibility index (Phi) is 6.10. The van der Waals surface area contributed by atoms with Crippen LogP contribution in [0.4, 0.5) is 4.39 Å². The van der Waals surface area contributed by atoms with Crippen molar-refractivity contribution in [3.63, 3.8) is 0 Å². The fourth-order valence-corrected chi connectivity index (χ4v) is 3.74. The van der Waals surface area contributed by atoms with Gasteiger partial charge >= 0.3 is 0 Å². The number of rotatable bonds is 7. The van der Waals surface area contributed by atoms with Crippen molar-refractivity contribution in [1.29, 1.82) is 0 Å². The summed E-state index contributed by atoms with van der Waals surface area (Å²) in [5.74, 6) is -0.474. The van der Waals surface area contributed by atoms with E-state index in [0.717, 1.165) is 21.7 Å². The molecule has 0 fully saturated rings. The maximum absolute atomic E-state index is 13.1. The molecule has 150 valence electrons. The largest absolute Gasteiger partial charge is 0.348 e. The van der Waals surface area contributed by atoms with Crippen LogP contribution in [0.2, 0.25) is 0 Å². The van der Waals surface area contributed by atoms with Gasteiger partial charge in [0.15, 0.2) is 0 Å². The molecule has 1 N–H and O–H groups in total. The first-order chi connectivity index (χ1) is 14.7. The standard InChI is InChI=1S/C23H19FN4OS/c24-20-8-6-17(7-9-20)23-27-21(16-30-23)10-11-22(29)25-14-18-4-1-2-5-19(18)15-28-13-3-12-26-28/h1-13,16H,14-15H2,(H,25,29)/b11-10+. The third kappa shape index (κ3) is 5.07. The van der Waals surface area contributed by atoms with Crippen molar-refractivity contribution in [2.24, 2.45) is 0 Å². The molecule has 0 bridgehead atoms. The summed E-state index contributed by atoms with van der Waals surface area (Å²) in [5, 5.41) is 9.79. The molecule has 2 aromatic heterocycles. The average molecular weight is 418 g/mol. The Morgan fingerprint density at radius 2 is 1.90 bits per heavy atom. The van der Waals surface area contributed by atoms with Gasteiger partial charge in [0.1, 0.15) is 10.8 Å². The van der Waals surface area contributed by atoms with Gasteiger partial charge < -0.3 is 5.32 Å². The molecule has 5 nitrogen and oxygen atoms in total. The Balaban J connectivity index is 1.35. The molecule has 0 aliphatic heterocycles. The summed E-state index contributed by atoms with van der Waals surface area (Å²) in [6, 6.07) is 16.0. The number of hydrogen-bond donors (Lipinski definition) is 1. The fraction of sp³-hybridized carbons (Fsp3) is 0.0870. The maximum atomic E-state index is 13.1. The highest BCUT2D eigenvalue weighted by Crippen LogP contribution is 2.24. The lowest BCUT2D eigenvalue weighted by molar-refractivity contribution is -0.116. The van der Waals surface area contributed by atoms with Crippen LogP contribution in [0.15, 0.2) is 78.4 Å². The zero-order chi connectivity index (χ0) is 20.8. The zero-order valence-corrected chi connectivity index (χ0v) is 16.8. The Morgan fingerprint density at radius 3 is 2.67 bits per heavy atom. The normalized spacial score (nSPS) is 11.1.